The summed E-state index contributed by atoms with van der Waals surface area (Å²) < 4.78 is 10.6. The molecule has 1 fully saturated rings. The lowest BCUT2D eigenvalue weighted by molar-refractivity contribution is -0.0658. The van der Waals surface area contributed by atoms with Gasteiger partial charge in [-0.3, -0.25) is 0 Å². The Morgan fingerprint density at radius 3 is 3.00 bits per heavy atom. The number of nitrogens with zero attached hydrogens (tertiary/aromatic N) is 1. The molecule has 0 saturated heterocycles. The van der Waals surface area contributed by atoms with E-state index < -0.39 is 0 Å². The van der Waals surface area contributed by atoms with Crippen molar-refractivity contribution in [3.63, 3.8) is 0 Å². The van der Waals surface area contributed by atoms with Crippen molar-refractivity contribution in [3.8, 4) is 0 Å². The average molecular weight is 228 g/mol. The summed E-state index contributed by atoms with van der Waals surface area (Å²) >= 11 is 4.86. The summed E-state index contributed by atoms with van der Waals surface area (Å²) in [5, 5.41) is 2.77. The quantitative estimate of drug-likeness (QED) is 0.791. The third kappa shape index (κ3) is 1.99. The molecule has 2 atom stereocenters. The van der Waals surface area contributed by atoms with Crippen LogP contribution in [-0.2, 0) is 10.3 Å². The van der Waals surface area contributed by atoms with Crippen LogP contribution in [0.25, 0.3) is 0 Å². The first-order valence-corrected chi connectivity index (χ1v) is 5.68. The first-order chi connectivity index (χ1) is 7.16. The van der Waals surface area contributed by atoms with Crippen molar-refractivity contribution < 1.29 is 9.26 Å². The Kier molecular flexibility index (Phi) is 2.93. The number of aromatic amines is 1. The fourth-order valence-corrected chi connectivity index (χ4v) is 2.56. The van der Waals surface area contributed by atoms with Crippen LogP contribution >= 0.6 is 12.2 Å². The largest absolute Gasteiger partial charge is 0.370 e. The van der Waals surface area contributed by atoms with Crippen LogP contribution in [-0.4, -0.2) is 17.3 Å². The summed E-state index contributed by atoms with van der Waals surface area (Å²) in [6, 6.07) is 0. The number of rotatable bonds is 2. The molecular weight excluding hydrogens is 212 g/mol. The molecule has 2 rings (SSSR count). The Balaban J connectivity index is 2.31. The van der Waals surface area contributed by atoms with Gasteiger partial charge in [-0.25, -0.2) is 5.16 Å². The van der Waals surface area contributed by atoms with Gasteiger partial charge in [0.25, 0.3) is 0 Å². The Morgan fingerprint density at radius 2 is 2.47 bits per heavy atom. The van der Waals surface area contributed by atoms with E-state index in [-0.39, 0.29) is 10.4 Å². The highest BCUT2D eigenvalue weighted by molar-refractivity contribution is 7.71. The van der Waals surface area contributed by atoms with Gasteiger partial charge in [0.1, 0.15) is 5.60 Å². The second kappa shape index (κ2) is 4.06. The Labute approximate surface area is 94.0 Å². The molecule has 0 bridgehead atoms. The van der Waals surface area contributed by atoms with E-state index in [9.17, 15) is 0 Å². The van der Waals surface area contributed by atoms with Crippen LogP contribution in [0.3, 0.4) is 0 Å². The van der Waals surface area contributed by atoms with Crippen molar-refractivity contribution >= 4 is 12.2 Å². The van der Waals surface area contributed by atoms with Gasteiger partial charge in [-0.2, -0.15) is 4.98 Å². The summed E-state index contributed by atoms with van der Waals surface area (Å²) in [6.45, 7) is 2.24. The van der Waals surface area contributed by atoms with Crippen LogP contribution < -0.4 is 0 Å². The molecule has 1 saturated carbocycles. The standard InChI is InChI=1S/C10H16N2O2S/c1-7-4-3-5-10(6-7,13-2)8-11-9(15)14-12-8/h7H,3-6H2,1-2H3,(H,11,12,15). The second-order valence-electron chi connectivity index (χ2n) is 4.33. The van der Waals surface area contributed by atoms with E-state index in [1.54, 1.807) is 7.11 Å². The summed E-state index contributed by atoms with van der Waals surface area (Å²) in [6.07, 6.45) is 4.36. The van der Waals surface area contributed by atoms with Gasteiger partial charge in [-0.1, -0.05) is 13.3 Å². The lowest BCUT2D eigenvalue weighted by Crippen LogP contribution is -2.35. The van der Waals surface area contributed by atoms with Crippen LogP contribution in [0, 0.1) is 10.8 Å². The van der Waals surface area contributed by atoms with E-state index in [1.807, 2.05) is 0 Å². The number of nitrogens with one attached hydrogen (secondary N) is 1. The second-order valence-corrected chi connectivity index (χ2v) is 4.68. The molecule has 84 valence electrons. The van der Waals surface area contributed by atoms with E-state index in [2.05, 4.69) is 17.1 Å². The molecule has 2 unspecified atom stereocenters. The number of aromatic nitrogens is 2. The van der Waals surface area contributed by atoms with Crippen LogP contribution in [0.1, 0.15) is 38.4 Å². The average Bonchev–Trinajstić information content (AvgIpc) is 2.65. The van der Waals surface area contributed by atoms with Crippen LogP contribution in [0.4, 0.5) is 0 Å². The van der Waals surface area contributed by atoms with Crippen molar-refractivity contribution in [2.75, 3.05) is 7.11 Å². The zero-order chi connectivity index (χ0) is 10.9. The molecule has 5 heteroatoms. The van der Waals surface area contributed by atoms with Crippen molar-refractivity contribution in [2.24, 2.45) is 5.92 Å². The van der Waals surface area contributed by atoms with Crippen molar-refractivity contribution in [3.05, 3.63) is 10.7 Å². The molecule has 1 aliphatic rings. The monoisotopic (exact) mass is 228 g/mol. The van der Waals surface area contributed by atoms with Gasteiger partial charge in [0, 0.05) is 7.11 Å². The molecule has 4 nitrogen and oxygen atoms in total. The fourth-order valence-electron chi connectivity index (χ4n) is 2.42. The molecule has 0 amide bonds. The van der Waals surface area contributed by atoms with E-state index in [0.29, 0.717) is 5.92 Å². The van der Waals surface area contributed by atoms with Crippen LogP contribution in [0.15, 0.2) is 4.52 Å². The van der Waals surface area contributed by atoms with Crippen LogP contribution in [0.5, 0.6) is 0 Å². The van der Waals surface area contributed by atoms with Gasteiger partial charge in [0.15, 0.2) is 5.82 Å². The molecule has 1 aromatic heterocycles. The minimum absolute atomic E-state index is 0.250. The summed E-state index contributed by atoms with van der Waals surface area (Å²) in [7, 11) is 1.73. The zero-order valence-corrected chi connectivity index (χ0v) is 9.89. The predicted octanol–water partition coefficient (Wildman–Crippen LogP) is 2.78. The van der Waals surface area contributed by atoms with Crippen molar-refractivity contribution in [1.82, 2.24) is 10.1 Å². The fraction of sp³-hybridized carbons (Fsp3) is 0.800. The molecule has 0 aromatic carbocycles. The number of H-pyrrole nitrogens is 1. The topological polar surface area (TPSA) is 51.1 Å². The van der Waals surface area contributed by atoms with Gasteiger partial charge >= 0.3 is 4.84 Å². The summed E-state index contributed by atoms with van der Waals surface area (Å²) in [4.78, 5) is 4.43. The van der Waals surface area contributed by atoms with E-state index >= 15 is 0 Å². The van der Waals surface area contributed by atoms with Gasteiger partial charge in [0.2, 0.25) is 0 Å². The molecule has 0 aliphatic heterocycles. The lowest BCUT2D eigenvalue weighted by Gasteiger charge is -2.36. The molecule has 1 N–H and O–H groups in total. The van der Waals surface area contributed by atoms with Crippen LogP contribution in [0.2, 0.25) is 0 Å². The number of hydrogen-bond acceptors (Lipinski definition) is 4. The predicted molar refractivity (Wildman–Crippen MR) is 58.0 cm³/mol. The van der Waals surface area contributed by atoms with E-state index in [0.717, 1.165) is 25.1 Å². The molecule has 1 aliphatic carbocycles. The normalized spacial score (nSPS) is 31.7. The third-order valence-corrected chi connectivity index (χ3v) is 3.39. The Bertz CT molecular complexity index is 387. The highest BCUT2D eigenvalue weighted by atomic mass is 32.1. The highest BCUT2D eigenvalue weighted by Crippen LogP contribution is 2.40. The molecule has 0 radical (unpaired) electrons. The lowest BCUT2D eigenvalue weighted by atomic mass is 9.78. The Morgan fingerprint density at radius 1 is 1.67 bits per heavy atom. The third-order valence-electron chi connectivity index (χ3n) is 3.22. The number of methoxy groups -OCH3 is 1. The zero-order valence-electron chi connectivity index (χ0n) is 9.08. The van der Waals surface area contributed by atoms with Gasteiger partial charge in [0.05, 0.1) is 0 Å². The van der Waals surface area contributed by atoms with Gasteiger partial charge in [-0.05, 0) is 37.4 Å². The molecule has 15 heavy (non-hydrogen) atoms. The molecule has 1 heterocycles. The van der Waals surface area contributed by atoms with E-state index in [1.165, 1.54) is 6.42 Å². The maximum absolute atomic E-state index is 5.65. The molecular formula is C10H16N2O2S. The molecule has 0 spiro atoms. The van der Waals surface area contributed by atoms with Gasteiger partial charge < -0.3 is 9.26 Å². The summed E-state index contributed by atoms with van der Waals surface area (Å²) in [5.74, 6) is 1.39. The Hall–Kier alpha value is -0.680. The highest BCUT2D eigenvalue weighted by Gasteiger charge is 2.39. The maximum Gasteiger partial charge on any atom is 0.314 e. The smallest absolute Gasteiger partial charge is 0.314 e. The van der Waals surface area contributed by atoms with Crippen molar-refractivity contribution in [1.29, 1.82) is 0 Å². The SMILES string of the molecule is COC1(c2nc(=S)o[nH]2)CCCC(C)C1. The number of hydrogen-bond donors (Lipinski definition) is 1. The number of ether oxygens (including phenoxy) is 1. The first kappa shape index (κ1) is 10.8. The minimum atomic E-state index is -0.321. The van der Waals surface area contributed by atoms with Crippen molar-refractivity contribution in [2.45, 2.75) is 38.2 Å². The van der Waals surface area contributed by atoms with Gasteiger partial charge in [-0.15, -0.1) is 0 Å². The van der Waals surface area contributed by atoms with E-state index in [4.69, 9.17) is 21.5 Å². The molecule has 1 aromatic rings. The maximum atomic E-state index is 5.65. The summed E-state index contributed by atoms with van der Waals surface area (Å²) in [5.41, 5.74) is -0.321. The first-order valence-electron chi connectivity index (χ1n) is 5.27. The minimum Gasteiger partial charge on any atom is -0.370 e.